The van der Waals surface area contributed by atoms with Gasteiger partial charge in [0.25, 0.3) is 0 Å². The molecular weight excluding hydrogens is 1810 g/mol. The summed E-state index contributed by atoms with van der Waals surface area (Å²) >= 11 is 0. The van der Waals surface area contributed by atoms with Crippen molar-refractivity contribution in [1.29, 1.82) is 0 Å². The van der Waals surface area contributed by atoms with Crippen LogP contribution in [-0.4, -0.2) is 219 Å². The van der Waals surface area contributed by atoms with Gasteiger partial charge in [-0.3, -0.25) is 103 Å². The van der Waals surface area contributed by atoms with Gasteiger partial charge >= 0.3 is 117 Å². The first-order valence-electron chi connectivity index (χ1n) is 41.2. The Morgan fingerprint density at radius 2 is 0.598 bits per heavy atom. The van der Waals surface area contributed by atoms with Crippen molar-refractivity contribution in [2.24, 2.45) is 76.9 Å². The normalized spacial score (nSPS) is 15.0. The zero-order valence-electron chi connectivity index (χ0n) is 81.8. The maximum Gasteiger partial charge on any atom is 0.328 e. The van der Waals surface area contributed by atoms with E-state index in [4.69, 9.17) is 81.0 Å². The summed E-state index contributed by atoms with van der Waals surface area (Å²) in [5.41, 5.74) is 0. The molecule has 6 N–H and O–H groups in total. The van der Waals surface area contributed by atoms with E-state index in [1.54, 1.807) is 132 Å². The van der Waals surface area contributed by atoms with Crippen LogP contribution in [0.5, 0.6) is 0 Å². The van der Waals surface area contributed by atoms with Gasteiger partial charge in [-0.05, 0) is 25.7 Å². The first-order valence-corrected chi connectivity index (χ1v) is 53.3. The second-order valence-corrected chi connectivity index (χ2v) is 43.3. The van der Waals surface area contributed by atoms with Crippen LogP contribution >= 0.6 is 45.6 Å². The zero-order valence-corrected chi connectivity index (χ0v) is 87.1. The largest absolute Gasteiger partial charge is 0.465 e. The molecule has 0 spiro atoms. The molecule has 48 heteroatoms. The van der Waals surface area contributed by atoms with E-state index in [-0.39, 0.29) is 165 Å². The Balaban J connectivity index is -0.000000174. The standard InChI is InChI=1S/C11H20O4.C9H16O4.C8H15O5P.2C8H17O5P.C8H16O2.2C7H15O5P.C7H14O2.C6H13O5P/c1-7(2)9(5)11(13)15-6-14-10(12)8(3)4;1-6(2)8(10)12-5-13-9(11)7(3)4;1-6(2)7(9)12-8(4-5-8)13-14(3,10)11;1-6(2)7(9)12-8(3,4)13-14(5,10)11;1-7(2)8(9)12-5-4-6-13-14(3,10)11;1-4-5-6-10-8(9)7(2)3;1-6(2)7(8)11-4-5-12-13(3,9)10;1-5(2)7(8)11-6(3)12-13(4,9)10;1-4-5-9-7(8)6(2)3;1-5(2)6(7)10-4-11-12(3,8)9/h7-9H,6H2,1-5H3;6-7H,5H2,1-4H3;6H,4-5H2,1-3H3,(H,10,11);6H,1-5H3,(H,10,11);7H,4-6H2,1-3H3,(H,10,11);7H,4-6H2,1-3H3;6H,4-5H2,1-3H3,(H,9,10);5-6H,1-4H3,(H,9,10);6H,4-5H2,1-3H3;5H,4H2,1-3H3,(H,8,9)/t9-;;;;;;;;;/m0........./s1. The van der Waals surface area contributed by atoms with Crippen LogP contribution in [0.3, 0.4) is 0 Å². The molecule has 1 fully saturated rings. The lowest BCUT2D eigenvalue weighted by Gasteiger charge is -2.26. The average molecular weight is 1970 g/mol. The molecule has 0 aromatic rings. The summed E-state index contributed by atoms with van der Waals surface area (Å²) < 4.78 is 149. The Morgan fingerprint density at radius 1 is 0.307 bits per heavy atom. The minimum atomic E-state index is -3.65. The fraction of sp³-hybridized carbons (Fsp3) is 0.848. The Labute approximate surface area is 753 Å². The number of hydrogen-bond donors (Lipinski definition) is 6. The number of esters is 12. The Hall–Kier alpha value is -5.46. The van der Waals surface area contributed by atoms with E-state index in [1.807, 2.05) is 48.5 Å². The maximum atomic E-state index is 11.3. The highest BCUT2D eigenvalue weighted by Crippen LogP contribution is 2.53. The van der Waals surface area contributed by atoms with E-state index in [2.05, 4.69) is 39.2 Å². The highest BCUT2D eigenvalue weighted by atomic mass is 31.2. The highest BCUT2D eigenvalue weighted by molar-refractivity contribution is 7.53. The lowest BCUT2D eigenvalue weighted by molar-refractivity contribution is -0.191. The SMILES string of the molecule is CC(C)C(=O)OC(C)(C)OP(C)(=O)O.CC(C)C(=O)OC1(OP(C)(=O)O)CC1.CC(C)C(=O)OCCCOP(C)(=O)O.CC(C)C(=O)OCCOP(C)(=O)O.CC(C)C(=O)OCOC(=O)C(C)C.CC(C)C(=O)OCOC(=O)[C@@H](C)C(C)C.CC(C)C(=O)OCOP(C)(=O)O.CC(OC(=O)C(C)C)OP(C)(=O)O.CCCCOC(=O)C(C)C.CCCOC(=O)C(C)C. The molecule has 0 bridgehead atoms. The van der Waals surface area contributed by atoms with Crippen LogP contribution in [-0.2, 0) is 169 Å². The van der Waals surface area contributed by atoms with E-state index < -0.39 is 94.1 Å². The van der Waals surface area contributed by atoms with Crippen LogP contribution in [0, 0.1) is 76.9 Å². The van der Waals surface area contributed by atoms with Gasteiger partial charge in [-0.15, -0.1) is 0 Å². The molecule has 0 aromatic carbocycles. The molecule has 0 heterocycles. The van der Waals surface area contributed by atoms with Gasteiger partial charge in [0.15, 0.2) is 0 Å². The molecule has 0 amide bonds. The number of ether oxygens (including phenoxy) is 12. The van der Waals surface area contributed by atoms with E-state index in [0.717, 1.165) is 59.3 Å². The summed E-state index contributed by atoms with van der Waals surface area (Å²) in [5.74, 6) is -8.47. The van der Waals surface area contributed by atoms with Crippen molar-refractivity contribution in [3.05, 3.63) is 0 Å². The number of hydrogen-bond acceptors (Lipinski definition) is 36. The third-order valence-corrected chi connectivity index (χ3v) is 17.3. The number of rotatable bonds is 43. The van der Waals surface area contributed by atoms with Crippen LogP contribution in [0.4, 0.5) is 0 Å². The Kier molecular flexibility index (Phi) is 80.2. The van der Waals surface area contributed by atoms with Crippen molar-refractivity contribution in [3.63, 3.8) is 0 Å². The maximum absolute atomic E-state index is 11.3. The summed E-state index contributed by atoms with van der Waals surface area (Å²) in [6.45, 7) is 58.6. The van der Waals surface area contributed by atoms with Crippen molar-refractivity contribution in [2.75, 3.05) is 100 Å². The average Bonchev–Trinajstić information content (AvgIpc) is 1.64. The molecule has 42 nitrogen and oxygen atoms in total. The first kappa shape index (κ1) is 139. The molecule has 127 heavy (non-hydrogen) atoms. The lowest BCUT2D eigenvalue weighted by atomic mass is 9.99. The quantitative estimate of drug-likeness (QED) is 0.0109. The fourth-order valence-electron chi connectivity index (χ4n) is 5.85. The van der Waals surface area contributed by atoms with Crippen molar-refractivity contribution < 1.29 is 198 Å². The molecule has 1 aliphatic rings. The third kappa shape index (κ3) is 104. The summed E-state index contributed by atoms with van der Waals surface area (Å²) in [5, 5.41) is 0. The van der Waals surface area contributed by atoms with Crippen LogP contribution in [0.2, 0.25) is 0 Å². The summed E-state index contributed by atoms with van der Waals surface area (Å²) in [6.07, 6.45) is 3.36. The second kappa shape index (κ2) is 73.1. The Bertz CT molecular complexity index is 3330. The molecule has 8 atom stereocenters. The Morgan fingerprint density at radius 3 is 0.874 bits per heavy atom. The van der Waals surface area contributed by atoms with Gasteiger partial charge in [0, 0.05) is 73.1 Å². The lowest BCUT2D eigenvalue weighted by Crippen LogP contribution is -2.32. The van der Waals surface area contributed by atoms with Gasteiger partial charge in [-0.1, -0.05) is 193 Å². The number of unbranched alkanes of at least 4 members (excludes halogenated alkanes) is 1. The molecule has 1 saturated carbocycles. The number of carbonyl (C=O) groups excluding carboxylic acids is 12. The van der Waals surface area contributed by atoms with Gasteiger partial charge in [0.1, 0.15) is 6.61 Å². The molecule has 1 aliphatic carbocycles. The van der Waals surface area contributed by atoms with Crippen LogP contribution < -0.4 is 0 Å². The summed E-state index contributed by atoms with van der Waals surface area (Å²) in [7, 11) is -21.2. The van der Waals surface area contributed by atoms with Gasteiger partial charge in [-0.25, -0.2) is 0 Å². The van der Waals surface area contributed by atoms with E-state index in [9.17, 15) is 84.9 Å². The van der Waals surface area contributed by atoms with Crippen molar-refractivity contribution >= 4 is 117 Å². The van der Waals surface area contributed by atoms with Crippen molar-refractivity contribution in [3.8, 4) is 0 Å². The predicted molar refractivity (Wildman–Crippen MR) is 470 cm³/mol. The third-order valence-electron chi connectivity index (χ3n) is 13.2. The zero-order chi connectivity index (χ0) is 102. The molecule has 1 rings (SSSR count). The smallest absolute Gasteiger partial charge is 0.328 e. The molecule has 7 unspecified atom stereocenters. The van der Waals surface area contributed by atoms with E-state index in [0.29, 0.717) is 32.5 Å². The van der Waals surface area contributed by atoms with E-state index in [1.165, 1.54) is 20.8 Å². The van der Waals surface area contributed by atoms with Crippen LogP contribution in [0.25, 0.3) is 0 Å². The first-order chi connectivity index (χ1) is 57.1. The van der Waals surface area contributed by atoms with Gasteiger partial charge in [-0.2, -0.15) is 0 Å². The molecule has 756 valence electrons. The highest BCUT2D eigenvalue weighted by Gasteiger charge is 2.52. The second-order valence-electron chi connectivity index (χ2n) is 32.3. The molecular formula is C79H158O42P6. The molecule has 0 radical (unpaired) electrons. The summed E-state index contributed by atoms with van der Waals surface area (Å²) in [4.78, 5) is 184. The van der Waals surface area contributed by atoms with Crippen molar-refractivity contribution in [1.82, 2.24) is 0 Å². The van der Waals surface area contributed by atoms with Gasteiger partial charge in [0.2, 0.25) is 38.2 Å². The van der Waals surface area contributed by atoms with Crippen LogP contribution in [0.1, 0.15) is 246 Å². The van der Waals surface area contributed by atoms with Crippen molar-refractivity contribution in [2.45, 2.75) is 264 Å². The topological polar surface area (TPSA) is 595 Å². The van der Waals surface area contributed by atoms with Gasteiger partial charge < -0.3 is 95.3 Å². The minimum Gasteiger partial charge on any atom is -0.465 e. The van der Waals surface area contributed by atoms with Gasteiger partial charge in [0.05, 0.1) is 104 Å². The monoisotopic (exact) mass is 1960 g/mol. The predicted octanol–water partition coefficient (Wildman–Crippen LogP) is 14.9. The number of carbonyl (C=O) groups is 12. The molecule has 0 aromatic heterocycles. The van der Waals surface area contributed by atoms with E-state index >= 15 is 0 Å². The summed E-state index contributed by atoms with van der Waals surface area (Å²) in [6, 6.07) is 0. The van der Waals surface area contributed by atoms with Crippen LogP contribution in [0.15, 0.2) is 0 Å². The fourth-order valence-corrected chi connectivity index (χ4v) is 9.27. The molecule has 0 saturated heterocycles. The molecule has 0 aliphatic heterocycles. The minimum absolute atomic E-state index is 0.00933.